The average molecular weight is 275 g/mol. The molecule has 1 unspecified atom stereocenters. The van der Waals surface area contributed by atoms with Gasteiger partial charge < -0.3 is 10.1 Å². The van der Waals surface area contributed by atoms with Crippen LogP contribution in [-0.4, -0.2) is 19.8 Å². The number of nitrogens with one attached hydrogen (secondary N) is 1. The first-order chi connectivity index (χ1) is 9.70. The number of benzene rings is 1. The minimum Gasteiger partial charge on any atom is -0.379 e. The minimum absolute atomic E-state index is 0.321. The van der Waals surface area contributed by atoms with Crippen LogP contribution in [-0.2, 0) is 4.74 Å². The van der Waals surface area contributed by atoms with E-state index in [1.165, 1.54) is 42.4 Å². The molecule has 1 atom stereocenters. The lowest BCUT2D eigenvalue weighted by atomic mass is 9.99. The fraction of sp³-hybridized carbons (Fsp3) is 0.667. The van der Waals surface area contributed by atoms with E-state index in [0.717, 1.165) is 25.7 Å². The van der Waals surface area contributed by atoms with E-state index in [9.17, 15) is 0 Å². The van der Waals surface area contributed by atoms with E-state index in [1.54, 1.807) is 0 Å². The first kappa shape index (κ1) is 15.5. The van der Waals surface area contributed by atoms with Crippen molar-refractivity contribution >= 4 is 0 Å². The quantitative estimate of drug-likeness (QED) is 0.806. The maximum Gasteiger partial charge on any atom is 0.0661 e. The van der Waals surface area contributed by atoms with Crippen molar-refractivity contribution in [2.75, 3.05) is 19.8 Å². The van der Waals surface area contributed by atoms with Gasteiger partial charge in [0.2, 0.25) is 0 Å². The van der Waals surface area contributed by atoms with Gasteiger partial charge in [-0.1, -0.05) is 43.5 Å². The third kappa shape index (κ3) is 4.32. The largest absolute Gasteiger partial charge is 0.379 e. The summed E-state index contributed by atoms with van der Waals surface area (Å²) in [5.41, 5.74) is 4.07. The molecule has 0 aliphatic heterocycles. The molecular weight excluding hydrogens is 246 g/mol. The highest BCUT2D eigenvalue weighted by Gasteiger charge is 2.17. The minimum atomic E-state index is 0.321. The van der Waals surface area contributed by atoms with Crippen LogP contribution in [0, 0.1) is 19.8 Å². The monoisotopic (exact) mass is 275 g/mol. The second-order valence-corrected chi connectivity index (χ2v) is 6.16. The lowest BCUT2D eigenvalue weighted by molar-refractivity contribution is 0.0830. The Hall–Kier alpha value is -0.860. The van der Waals surface area contributed by atoms with Gasteiger partial charge in [0.15, 0.2) is 0 Å². The van der Waals surface area contributed by atoms with Crippen LogP contribution in [0.1, 0.15) is 55.3 Å². The maximum atomic E-state index is 6.01. The van der Waals surface area contributed by atoms with Gasteiger partial charge in [-0.25, -0.2) is 0 Å². The summed E-state index contributed by atoms with van der Waals surface area (Å²) >= 11 is 0. The Labute approximate surface area is 123 Å². The van der Waals surface area contributed by atoms with Gasteiger partial charge in [-0.2, -0.15) is 0 Å². The molecule has 1 aliphatic carbocycles. The fourth-order valence-corrected chi connectivity index (χ4v) is 3.25. The predicted octanol–water partition coefficient (Wildman–Crippen LogP) is 4.16. The summed E-state index contributed by atoms with van der Waals surface area (Å²) in [5, 5.41) is 3.56. The van der Waals surface area contributed by atoms with Crippen molar-refractivity contribution < 1.29 is 4.74 Å². The molecule has 0 heterocycles. The van der Waals surface area contributed by atoms with Crippen LogP contribution in [0.4, 0.5) is 0 Å². The van der Waals surface area contributed by atoms with Crippen molar-refractivity contribution in [1.82, 2.24) is 5.32 Å². The lowest BCUT2D eigenvalue weighted by Gasteiger charge is -2.21. The highest BCUT2D eigenvalue weighted by atomic mass is 16.5. The van der Waals surface area contributed by atoms with Crippen molar-refractivity contribution in [3.63, 3.8) is 0 Å². The average Bonchev–Trinajstić information content (AvgIpc) is 2.91. The third-order valence-electron chi connectivity index (χ3n) is 4.36. The smallest absolute Gasteiger partial charge is 0.0661 e. The molecule has 2 rings (SSSR count). The molecule has 1 saturated carbocycles. The molecule has 2 heteroatoms. The topological polar surface area (TPSA) is 21.3 Å². The summed E-state index contributed by atoms with van der Waals surface area (Å²) in [6.07, 6.45) is 5.49. The molecule has 0 aromatic heterocycles. The molecule has 0 spiro atoms. The Bertz CT molecular complexity index is 410. The Morgan fingerprint density at radius 2 is 2.00 bits per heavy atom. The van der Waals surface area contributed by atoms with Crippen LogP contribution < -0.4 is 5.32 Å². The molecule has 1 aromatic carbocycles. The number of hydrogen-bond acceptors (Lipinski definition) is 2. The summed E-state index contributed by atoms with van der Waals surface area (Å²) < 4.78 is 6.01. The number of likely N-dealkylation sites (N-methyl/N-ethyl adjacent to an activating group) is 1. The van der Waals surface area contributed by atoms with Gasteiger partial charge in [-0.05, 0) is 50.3 Å². The van der Waals surface area contributed by atoms with Crippen LogP contribution in [0.2, 0.25) is 0 Å². The first-order valence-electron chi connectivity index (χ1n) is 8.09. The molecule has 1 aliphatic rings. The zero-order chi connectivity index (χ0) is 14.4. The van der Waals surface area contributed by atoms with Crippen molar-refractivity contribution in [1.29, 1.82) is 0 Å². The van der Waals surface area contributed by atoms with Crippen LogP contribution in [0.5, 0.6) is 0 Å². The highest BCUT2D eigenvalue weighted by Crippen LogP contribution is 2.25. The Morgan fingerprint density at radius 3 is 2.65 bits per heavy atom. The predicted molar refractivity (Wildman–Crippen MR) is 85.1 cm³/mol. The second kappa shape index (κ2) is 7.80. The van der Waals surface area contributed by atoms with Crippen LogP contribution in [0.3, 0.4) is 0 Å². The molecular formula is C18H29NO. The lowest BCUT2D eigenvalue weighted by Crippen LogP contribution is -2.27. The van der Waals surface area contributed by atoms with Gasteiger partial charge in [0, 0.05) is 6.61 Å². The summed E-state index contributed by atoms with van der Waals surface area (Å²) in [4.78, 5) is 0. The van der Waals surface area contributed by atoms with Gasteiger partial charge >= 0.3 is 0 Å². The van der Waals surface area contributed by atoms with E-state index < -0.39 is 0 Å². The van der Waals surface area contributed by atoms with Crippen LogP contribution in [0.15, 0.2) is 18.2 Å². The number of hydrogen-bond donors (Lipinski definition) is 1. The zero-order valence-electron chi connectivity index (χ0n) is 13.2. The zero-order valence-corrected chi connectivity index (χ0v) is 13.2. The van der Waals surface area contributed by atoms with Crippen LogP contribution in [0.25, 0.3) is 0 Å². The van der Waals surface area contributed by atoms with Gasteiger partial charge in [0.05, 0.1) is 12.6 Å². The molecule has 0 saturated heterocycles. The maximum absolute atomic E-state index is 6.01. The van der Waals surface area contributed by atoms with Crippen molar-refractivity contribution in [2.45, 2.75) is 52.5 Å². The SMILES string of the molecule is CCNC(COCC1CCCC1)c1ccc(C)cc1C. The van der Waals surface area contributed by atoms with Gasteiger partial charge in [0.1, 0.15) is 0 Å². The summed E-state index contributed by atoms with van der Waals surface area (Å²) in [7, 11) is 0. The van der Waals surface area contributed by atoms with Crippen molar-refractivity contribution in [2.24, 2.45) is 5.92 Å². The van der Waals surface area contributed by atoms with Gasteiger partial charge in [-0.3, -0.25) is 0 Å². The van der Waals surface area contributed by atoms with Gasteiger partial charge in [0.25, 0.3) is 0 Å². The van der Waals surface area contributed by atoms with Crippen molar-refractivity contribution in [3.8, 4) is 0 Å². The van der Waals surface area contributed by atoms with Crippen LogP contribution >= 0.6 is 0 Å². The van der Waals surface area contributed by atoms with Gasteiger partial charge in [-0.15, -0.1) is 0 Å². The number of aryl methyl sites for hydroxylation is 2. The first-order valence-corrected chi connectivity index (χ1v) is 8.09. The Balaban J connectivity index is 1.91. The molecule has 1 fully saturated rings. The van der Waals surface area contributed by atoms with E-state index >= 15 is 0 Å². The standard InChI is InChI=1S/C18H29NO/c1-4-19-18(13-20-12-16-7-5-6-8-16)17-10-9-14(2)11-15(17)3/h9-11,16,18-19H,4-8,12-13H2,1-3H3. The number of rotatable bonds is 7. The Morgan fingerprint density at radius 1 is 1.25 bits per heavy atom. The summed E-state index contributed by atoms with van der Waals surface area (Å²) in [6.45, 7) is 9.21. The molecule has 0 bridgehead atoms. The molecule has 2 nitrogen and oxygen atoms in total. The molecule has 1 N–H and O–H groups in total. The van der Waals surface area contributed by atoms with E-state index in [-0.39, 0.29) is 0 Å². The number of ether oxygens (including phenoxy) is 1. The second-order valence-electron chi connectivity index (χ2n) is 6.16. The molecule has 112 valence electrons. The summed E-state index contributed by atoms with van der Waals surface area (Å²) in [6, 6.07) is 7.03. The van der Waals surface area contributed by atoms with Crippen molar-refractivity contribution in [3.05, 3.63) is 34.9 Å². The van der Waals surface area contributed by atoms with E-state index in [4.69, 9.17) is 4.74 Å². The normalized spacial score (nSPS) is 17.6. The van der Waals surface area contributed by atoms with E-state index in [2.05, 4.69) is 44.3 Å². The molecule has 0 radical (unpaired) electrons. The Kier molecular flexibility index (Phi) is 6.06. The molecule has 1 aromatic rings. The van der Waals surface area contributed by atoms with E-state index in [0.29, 0.717) is 6.04 Å². The molecule has 20 heavy (non-hydrogen) atoms. The molecule has 0 amide bonds. The summed E-state index contributed by atoms with van der Waals surface area (Å²) in [5.74, 6) is 0.802. The van der Waals surface area contributed by atoms with E-state index in [1.807, 2.05) is 0 Å². The highest BCUT2D eigenvalue weighted by molar-refractivity contribution is 5.32. The fourth-order valence-electron chi connectivity index (χ4n) is 3.25. The third-order valence-corrected chi connectivity index (χ3v) is 4.36.